The average molecular weight is 402 g/mol. The largest absolute Gasteiger partial charge is 0.469 e. The predicted molar refractivity (Wildman–Crippen MR) is 86.0 cm³/mol. The summed E-state index contributed by atoms with van der Waals surface area (Å²) >= 11 is 8.12. The average Bonchev–Trinajstić information content (AvgIpc) is 2.91. The van der Waals surface area contributed by atoms with Gasteiger partial charge in [-0.15, -0.1) is 0 Å². The Kier molecular flexibility index (Phi) is 4.03. The topological polar surface area (TPSA) is 42.2 Å². The summed E-state index contributed by atoms with van der Waals surface area (Å²) in [6.45, 7) is 0. The van der Waals surface area contributed by atoms with Crippen molar-refractivity contribution in [3.63, 3.8) is 0 Å². The van der Waals surface area contributed by atoms with E-state index in [0.717, 1.165) is 34.2 Å². The third kappa shape index (κ3) is 2.72. The molecule has 1 aromatic heterocycles. The zero-order valence-electron chi connectivity index (χ0n) is 10.7. The number of carbonyl (C=O) groups is 1. The molecule has 3 rings (SSSR count). The van der Waals surface area contributed by atoms with Crippen LogP contribution >= 0.6 is 34.2 Å². The van der Waals surface area contributed by atoms with Gasteiger partial charge in [0.05, 0.1) is 17.9 Å². The highest BCUT2D eigenvalue weighted by atomic mass is 127. The molecule has 1 aliphatic rings. The SMILES string of the molecule is O=C(NC1CCCc2occc21)c1cc(Cl)ccc1I. The maximum absolute atomic E-state index is 12.4. The van der Waals surface area contributed by atoms with Crippen LogP contribution in [0.25, 0.3) is 0 Å². The number of aryl methyl sites for hydroxylation is 1. The summed E-state index contributed by atoms with van der Waals surface area (Å²) in [6.07, 6.45) is 4.61. The van der Waals surface area contributed by atoms with E-state index in [1.807, 2.05) is 12.1 Å². The summed E-state index contributed by atoms with van der Waals surface area (Å²) in [6, 6.07) is 7.32. The summed E-state index contributed by atoms with van der Waals surface area (Å²) in [7, 11) is 0. The van der Waals surface area contributed by atoms with Gasteiger partial charge in [-0.1, -0.05) is 11.6 Å². The van der Waals surface area contributed by atoms with Gasteiger partial charge in [0, 0.05) is 20.6 Å². The van der Waals surface area contributed by atoms with Gasteiger partial charge in [-0.25, -0.2) is 0 Å². The van der Waals surface area contributed by atoms with Gasteiger partial charge in [0.25, 0.3) is 5.91 Å². The molecule has 1 amide bonds. The van der Waals surface area contributed by atoms with Crippen molar-refractivity contribution in [3.8, 4) is 0 Å². The fourth-order valence-electron chi connectivity index (χ4n) is 2.54. The third-order valence-electron chi connectivity index (χ3n) is 3.53. The lowest BCUT2D eigenvalue weighted by atomic mass is 9.93. The highest BCUT2D eigenvalue weighted by Crippen LogP contribution is 2.31. The fraction of sp³-hybridized carbons (Fsp3) is 0.267. The van der Waals surface area contributed by atoms with Crippen molar-refractivity contribution in [2.75, 3.05) is 0 Å². The Morgan fingerprint density at radius 3 is 3.10 bits per heavy atom. The minimum atomic E-state index is -0.0871. The molecule has 1 atom stereocenters. The van der Waals surface area contributed by atoms with E-state index in [0.29, 0.717) is 10.6 Å². The Bertz CT molecular complexity index is 653. The first-order valence-corrected chi connectivity index (χ1v) is 7.93. The van der Waals surface area contributed by atoms with Crippen LogP contribution in [0.4, 0.5) is 0 Å². The van der Waals surface area contributed by atoms with Crippen molar-refractivity contribution in [2.24, 2.45) is 0 Å². The van der Waals surface area contributed by atoms with Crippen LogP contribution in [-0.2, 0) is 6.42 Å². The molecule has 0 saturated heterocycles. The highest BCUT2D eigenvalue weighted by molar-refractivity contribution is 14.1. The highest BCUT2D eigenvalue weighted by Gasteiger charge is 2.25. The molecule has 5 heteroatoms. The smallest absolute Gasteiger partial charge is 0.252 e. The lowest BCUT2D eigenvalue weighted by Gasteiger charge is -2.23. The van der Waals surface area contributed by atoms with E-state index in [4.69, 9.17) is 16.0 Å². The van der Waals surface area contributed by atoms with Crippen LogP contribution in [-0.4, -0.2) is 5.91 Å². The number of rotatable bonds is 2. The second kappa shape index (κ2) is 5.77. The minimum Gasteiger partial charge on any atom is -0.469 e. The number of halogens is 2. The molecule has 0 saturated carbocycles. The van der Waals surface area contributed by atoms with Crippen LogP contribution in [0, 0.1) is 3.57 Å². The number of benzene rings is 1. The molecule has 0 spiro atoms. The Morgan fingerprint density at radius 1 is 1.40 bits per heavy atom. The van der Waals surface area contributed by atoms with Gasteiger partial charge in [-0.2, -0.15) is 0 Å². The van der Waals surface area contributed by atoms with Crippen molar-refractivity contribution in [3.05, 3.63) is 56.0 Å². The Labute approximate surface area is 135 Å². The van der Waals surface area contributed by atoms with E-state index >= 15 is 0 Å². The molecule has 1 aliphatic carbocycles. The normalized spacial score (nSPS) is 17.6. The van der Waals surface area contributed by atoms with Gasteiger partial charge in [-0.05, 0) is 59.7 Å². The van der Waals surface area contributed by atoms with Crippen molar-refractivity contribution in [1.82, 2.24) is 5.32 Å². The van der Waals surface area contributed by atoms with Crippen LogP contribution in [0.5, 0.6) is 0 Å². The summed E-state index contributed by atoms with van der Waals surface area (Å²) in [5.41, 5.74) is 1.72. The maximum Gasteiger partial charge on any atom is 0.252 e. The number of carbonyl (C=O) groups excluding carboxylic acids is 1. The molecule has 20 heavy (non-hydrogen) atoms. The predicted octanol–water partition coefficient (Wildman–Crippen LogP) is 4.35. The van der Waals surface area contributed by atoms with Crippen LogP contribution in [0.1, 0.15) is 40.6 Å². The molecule has 0 radical (unpaired) electrons. The minimum absolute atomic E-state index is 0.0276. The van der Waals surface area contributed by atoms with E-state index in [2.05, 4.69) is 27.9 Å². The van der Waals surface area contributed by atoms with Crippen molar-refractivity contribution >= 4 is 40.1 Å². The molecule has 1 aromatic carbocycles. The molecular formula is C15H13ClINO2. The van der Waals surface area contributed by atoms with Crippen molar-refractivity contribution in [2.45, 2.75) is 25.3 Å². The van der Waals surface area contributed by atoms with E-state index < -0.39 is 0 Å². The molecule has 1 N–H and O–H groups in total. The lowest BCUT2D eigenvalue weighted by Crippen LogP contribution is -2.31. The van der Waals surface area contributed by atoms with Crippen molar-refractivity contribution in [1.29, 1.82) is 0 Å². The number of nitrogens with one attached hydrogen (secondary N) is 1. The second-order valence-electron chi connectivity index (χ2n) is 4.84. The quantitative estimate of drug-likeness (QED) is 0.761. The molecule has 3 nitrogen and oxygen atoms in total. The molecule has 0 aliphatic heterocycles. The van der Waals surface area contributed by atoms with Crippen molar-refractivity contribution < 1.29 is 9.21 Å². The van der Waals surface area contributed by atoms with Gasteiger partial charge >= 0.3 is 0 Å². The monoisotopic (exact) mass is 401 g/mol. The number of hydrogen-bond acceptors (Lipinski definition) is 2. The first kappa shape index (κ1) is 13.9. The Morgan fingerprint density at radius 2 is 2.25 bits per heavy atom. The molecular weight excluding hydrogens is 389 g/mol. The van der Waals surface area contributed by atoms with E-state index in [-0.39, 0.29) is 11.9 Å². The van der Waals surface area contributed by atoms with E-state index in [1.165, 1.54) is 0 Å². The number of amides is 1. The molecule has 2 aromatic rings. The summed E-state index contributed by atoms with van der Waals surface area (Å²) in [4.78, 5) is 12.4. The maximum atomic E-state index is 12.4. The zero-order chi connectivity index (χ0) is 14.1. The van der Waals surface area contributed by atoms with Gasteiger partial charge in [0.15, 0.2) is 0 Å². The third-order valence-corrected chi connectivity index (χ3v) is 4.71. The zero-order valence-corrected chi connectivity index (χ0v) is 13.6. The van der Waals surface area contributed by atoms with Crippen LogP contribution in [0.3, 0.4) is 0 Å². The standard InChI is InChI=1S/C15H13ClINO2/c16-9-4-5-12(17)11(8-9)15(19)18-13-2-1-3-14-10(13)6-7-20-14/h4-8,13H,1-3H2,(H,18,19). The fourth-order valence-corrected chi connectivity index (χ4v) is 3.30. The Balaban J connectivity index is 1.82. The summed E-state index contributed by atoms with van der Waals surface area (Å²) in [5.74, 6) is 0.901. The lowest BCUT2D eigenvalue weighted by molar-refractivity contribution is 0.0931. The Hall–Kier alpha value is -1.01. The molecule has 0 bridgehead atoms. The van der Waals surface area contributed by atoms with Gasteiger partial charge in [-0.3, -0.25) is 4.79 Å². The van der Waals surface area contributed by atoms with E-state index in [1.54, 1.807) is 18.4 Å². The molecule has 1 unspecified atom stereocenters. The summed E-state index contributed by atoms with van der Waals surface area (Å²) < 4.78 is 6.34. The van der Waals surface area contributed by atoms with Gasteiger partial charge in [0.2, 0.25) is 0 Å². The van der Waals surface area contributed by atoms with Gasteiger partial charge in [0.1, 0.15) is 5.76 Å². The number of fused-ring (bicyclic) bond motifs is 1. The number of hydrogen-bond donors (Lipinski definition) is 1. The first-order valence-electron chi connectivity index (χ1n) is 6.47. The first-order chi connectivity index (χ1) is 9.65. The summed E-state index contributed by atoms with van der Waals surface area (Å²) in [5, 5.41) is 3.66. The van der Waals surface area contributed by atoms with Crippen LogP contribution < -0.4 is 5.32 Å². The van der Waals surface area contributed by atoms with Crippen LogP contribution in [0.2, 0.25) is 5.02 Å². The number of furan rings is 1. The van der Waals surface area contributed by atoms with Crippen LogP contribution in [0.15, 0.2) is 34.9 Å². The van der Waals surface area contributed by atoms with E-state index in [9.17, 15) is 4.79 Å². The second-order valence-corrected chi connectivity index (χ2v) is 6.44. The van der Waals surface area contributed by atoms with Gasteiger partial charge < -0.3 is 9.73 Å². The molecule has 1 heterocycles. The molecule has 0 fully saturated rings. The molecule has 104 valence electrons.